The average molecular weight is 313 g/mol. The van der Waals surface area contributed by atoms with Crippen LogP contribution >= 0.6 is 0 Å². The molecule has 0 aliphatic carbocycles. The SMILES string of the molecule is CCCn1c(=O)c2[nH]c(-c3cccnc3)nc2n(CCC)c1=O. The first-order valence-electron chi connectivity index (χ1n) is 7.81. The van der Waals surface area contributed by atoms with E-state index in [1.54, 1.807) is 23.0 Å². The summed E-state index contributed by atoms with van der Waals surface area (Å²) in [4.78, 5) is 36.8. The van der Waals surface area contributed by atoms with Gasteiger partial charge in [0, 0.05) is 31.0 Å². The maximum atomic E-state index is 12.6. The van der Waals surface area contributed by atoms with Crippen LogP contribution in [0.25, 0.3) is 22.6 Å². The number of fused-ring (bicyclic) bond motifs is 1. The molecule has 0 fully saturated rings. The second kappa shape index (κ2) is 6.20. The van der Waals surface area contributed by atoms with E-state index in [4.69, 9.17) is 0 Å². The zero-order valence-electron chi connectivity index (χ0n) is 13.2. The number of nitrogens with zero attached hydrogens (tertiary/aromatic N) is 4. The molecule has 0 saturated heterocycles. The van der Waals surface area contributed by atoms with Gasteiger partial charge in [0.2, 0.25) is 0 Å². The second-order valence-corrected chi connectivity index (χ2v) is 5.42. The van der Waals surface area contributed by atoms with Crippen molar-refractivity contribution in [3.05, 3.63) is 45.4 Å². The maximum Gasteiger partial charge on any atom is 0.332 e. The molecule has 0 saturated carbocycles. The Labute approximate surface area is 132 Å². The van der Waals surface area contributed by atoms with Crippen LogP contribution in [0.5, 0.6) is 0 Å². The summed E-state index contributed by atoms with van der Waals surface area (Å²) in [5, 5.41) is 0. The van der Waals surface area contributed by atoms with Gasteiger partial charge < -0.3 is 4.98 Å². The minimum Gasteiger partial charge on any atom is -0.332 e. The lowest BCUT2D eigenvalue weighted by Crippen LogP contribution is -2.40. The van der Waals surface area contributed by atoms with Gasteiger partial charge in [0.25, 0.3) is 5.56 Å². The molecule has 0 aliphatic rings. The molecule has 0 aromatic carbocycles. The van der Waals surface area contributed by atoms with Crippen molar-refractivity contribution in [2.24, 2.45) is 0 Å². The summed E-state index contributed by atoms with van der Waals surface area (Å²) >= 11 is 0. The quantitative estimate of drug-likeness (QED) is 0.778. The Kier molecular flexibility index (Phi) is 4.10. The van der Waals surface area contributed by atoms with Crippen LogP contribution in [0.15, 0.2) is 34.1 Å². The summed E-state index contributed by atoms with van der Waals surface area (Å²) in [6.45, 7) is 4.85. The summed E-state index contributed by atoms with van der Waals surface area (Å²) in [5.41, 5.74) is 0.941. The number of hydrogen-bond donors (Lipinski definition) is 1. The summed E-state index contributed by atoms with van der Waals surface area (Å²) in [7, 11) is 0. The molecule has 0 amide bonds. The Morgan fingerprint density at radius 2 is 1.87 bits per heavy atom. The van der Waals surface area contributed by atoms with E-state index < -0.39 is 0 Å². The topological polar surface area (TPSA) is 85.6 Å². The van der Waals surface area contributed by atoms with Gasteiger partial charge in [0.15, 0.2) is 5.65 Å². The highest BCUT2D eigenvalue weighted by Crippen LogP contribution is 2.17. The number of nitrogens with one attached hydrogen (secondary N) is 1. The van der Waals surface area contributed by atoms with Gasteiger partial charge in [-0.1, -0.05) is 13.8 Å². The van der Waals surface area contributed by atoms with Gasteiger partial charge in [-0.05, 0) is 25.0 Å². The van der Waals surface area contributed by atoms with Gasteiger partial charge in [0.05, 0.1) is 0 Å². The lowest BCUT2D eigenvalue weighted by Gasteiger charge is -2.09. The lowest BCUT2D eigenvalue weighted by molar-refractivity contribution is 0.555. The molecule has 7 heteroatoms. The molecular formula is C16H19N5O2. The van der Waals surface area contributed by atoms with Crippen molar-refractivity contribution in [3.63, 3.8) is 0 Å². The number of imidazole rings is 1. The van der Waals surface area contributed by atoms with Gasteiger partial charge in [-0.3, -0.25) is 18.9 Å². The van der Waals surface area contributed by atoms with Crippen LogP contribution in [0.4, 0.5) is 0 Å². The van der Waals surface area contributed by atoms with Crippen LogP contribution < -0.4 is 11.2 Å². The predicted molar refractivity (Wildman–Crippen MR) is 88.4 cm³/mol. The van der Waals surface area contributed by atoms with E-state index in [1.807, 2.05) is 19.9 Å². The Bertz CT molecular complexity index is 937. The third-order valence-corrected chi connectivity index (χ3v) is 3.69. The standard InChI is InChI=1S/C16H19N5O2/c1-3-8-20-14-12(15(22)21(9-4-2)16(20)23)18-13(19-14)11-6-5-7-17-10-11/h5-7,10H,3-4,8-9H2,1-2H3,(H,18,19). The number of aromatic amines is 1. The average Bonchev–Trinajstić information content (AvgIpc) is 3.02. The molecule has 0 bridgehead atoms. The van der Waals surface area contributed by atoms with E-state index in [0.717, 1.165) is 18.4 Å². The van der Waals surface area contributed by atoms with Crippen LogP contribution in [0.3, 0.4) is 0 Å². The summed E-state index contributed by atoms with van der Waals surface area (Å²) in [6.07, 6.45) is 4.85. The molecule has 3 aromatic rings. The monoisotopic (exact) mass is 313 g/mol. The van der Waals surface area contributed by atoms with Crippen molar-refractivity contribution in [1.82, 2.24) is 24.1 Å². The molecule has 120 valence electrons. The first-order chi connectivity index (χ1) is 11.2. The molecule has 3 rings (SSSR count). The molecule has 0 spiro atoms. The fourth-order valence-corrected chi connectivity index (χ4v) is 2.65. The Hall–Kier alpha value is -2.70. The van der Waals surface area contributed by atoms with Crippen molar-refractivity contribution in [2.75, 3.05) is 0 Å². The molecule has 7 nitrogen and oxygen atoms in total. The molecule has 0 atom stereocenters. The first kappa shape index (κ1) is 15.2. The zero-order chi connectivity index (χ0) is 16.4. The van der Waals surface area contributed by atoms with Crippen molar-refractivity contribution in [3.8, 4) is 11.4 Å². The third kappa shape index (κ3) is 2.58. The lowest BCUT2D eigenvalue weighted by atomic mass is 10.3. The minimum absolute atomic E-state index is 0.296. The smallest absolute Gasteiger partial charge is 0.332 e. The molecular weight excluding hydrogens is 294 g/mol. The normalized spacial score (nSPS) is 11.2. The van der Waals surface area contributed by atoms with Crippen molar-refractivity contribution >= 4 is 11.2 Å². The number of rotatable bonds is 5. The fraction of sp³-hybridized carbons (Fsp3) is 0.375. The van der Waals surface area contributed by atoms with Gasteiger partial charge >= 0.3 is 5.69 Å². The van der Waals surface area contributed by atoms with Crippen LogP contribution in [0.2, 0.25) is 0 Å². The molecule has 0 radical (unpaired) electrons. The highest BCUT2D eigenvalue weighted by atomic mass is 16.2. The van der Waals surface area contributed by atoms with Gasteiger partial charge in [0.1, 0.15) is 11.3 Å². The predicted octanol–water partition coefficient (Wildman–Crippen LogP) is 1.77. The summed E-state index contributed by atoms with van der Waals surface area (Å²) in [5.74, 6) is 0.545. The number of aryl methyl sites for hydroxylation is 1. The molecule has 0 unspecified atom stereocenters. The Morgan fingerprint density at radius 3 is 2.52 bits per heavy atom. The molecule has 3 heterocycles. The van der Waals surface area contributed by atoms with Crippen LogP contribution in [0.1, 0.15) is 26.7 Å². The van der Waals surface area contributed by atoms with Crippen LogP contribution in [-0.4, -0.2) is 24.1 Å². The number of aromatic nitrogens is 5. The van der Waals surface area contributed by atoms with Gasteiger partial charge in [-0.2, -0.15) is 0 Å². The van der Waals surface area contributed by atoms with Crippen LogP contribution in [-0.2, 0) is 13.1 Å². The van der Waals surface area contributed by atoms with Crippen molar-refractivity contribution < 1.29 is 0 Å². The summed E-state index contributed by atoms with van der Waals surface area (Å²) < 4.78 is 2.85. The Balaban J connectivity index is 2.32. The number of hydrogen-bond acceptors (Lipinski definition) is 4. The van der Waals surface area contributed by atoms with E-state index in [2.05, 4.69) is 15.0 Å². The first-order valence-corrected chi connectivity index (χ1v) is 7.81. The van der Waals surface area contributed by atoms with E-state index in [0.29, 0.717) is 30.1 Å². The van der Waals surface area contributed by atoms with E-state index >= 15 is 0 Å². The fourth-order valence-electron chi connectivity index (χ4n) is 2.65. The molecule has 23 heavy (non-hydrogen) atoms. The molecule has 0 aliphatic heterocycles. The van der Waals surface area contributed by atoms with Crippen molar-refractivity contribution in [2.45, 2.75) is 39.8 Å². The third-order valence-electron chi connectivity index (χ3n) is 3.69. The second-order valence-electron chi connectivity index (χ2n) is 5.42. The van der Waals surface area contributed by atoms with E-state index in [9.17, 15) is 9.59 Å². The number of pyridine rings is 1. The van der Waals surface area contributed by atoms with Crippen LogP contribution in [0, 0.1) is 0 Å². The van der Waals surface area contributed by atoms with Crippen molar-refractivity contribution in [1.29, 1.82) is 0 Å². The Morgan fingerprint density at radius 1 is 1.13 bits per heavy atom. The van der Waals surface area contributed by atoms with E-state index in [1.165, 1.54) is 4.57 Å². The highest BCUT2D eigenvalue weighted by molar-refractivity contribution is 5.75. The summed E-state index contributed by atoms with van der Waals surface area (Å²) in [6, 6.07) is 3.66. The maximum absolute atomic E-state index is 12.6. The zero-order valence-corrected chi connectivity index (χ0v) is 13.2. The van der Waals surface area contributed by atoms with Gasteiger partial charge in [-0.15, -0.1) is 0 Å². The minimum atomic E-state index is -0.318. The largest absolute Gasteiger partial charge is 0.332 e. The number of H-pyrrole nitrogens is 1. The molecule has 1 N–H and O–H groups in total. The molecule has 3 aromatic heterocycles. The van der Waals surface area contributed by atoms with Gasteiger partial charge in [-0.25, -0.2) is 9.78 Å². The highest BCUT2D eigenvalue weighted by Gasteiger charge is 2.17. The van der Waals surface area contributed by atoms with E-state index in [-0.39, 0.29) is 11.2 Å².